The molecule has 0 aromatic rings. The van der Waals surface area contributed by atoms with Crippen LogP contribution < -0.4 is 5.32 Å². The predicted molar refractivity (Wildman–Crippen MR) is 69.3 cm³/mol. The second-order valence-corrected chi connectivity index (χ2v) is 5.10. The first-order valence-electron chi connectivity index (χ1n) is 6.33. The van der Waals surface area contributed by atoms with Gasteiger partial charge in [0, 0.05) is 26.7 Å². The first-order chi connectivity index (χ1) is 8.34. The largest absolute Gasteiger partial charge is 0.481 e. The van der Waals surface area contributed by atoms with Gasteiger partial charge in [0.15, 0.2) is 0 Å². The van der Waals surface area contributed by atoms with E-state index in [1.807, 2.05) is 13.8 Å². The van der Waals surface area contributed by atoms with E-state index >= 15 is 0 Å². The minimum atomic E-state index is -1.00. The van der Waals surface area contributed by atoms with Crippen LogP contribution in [-0.2, 0) is 14.3 Å². The third-order valence-corrected chi connectivity index (χ3v) is 3.39. The Morgan fingerprint density at radius 1 is 1.33 bits per heavy atom. The molecule has 18 heavy (non-hydrogen) atoms. The SMILES string of the molecule is COCCCCNC(=O)CC(C)(C(=O)O)C(C)C. The van der Waals surface area contributed by atoms with Crippen molar-refractivity contribution in [3.05, 3.63) is 0 Å². The van der Waals surface area contributed by atoms with Crippen molar-refractivity contribution < 1.29 is 19.4 Å². The number of carboxylic acids is 1. The Morgan fingerprint density at radius 3 is 2.39 bits per heavy atom. The number of carboxylic acid groups (broad SMARTS) is 1. The van der Waals surface area contributed by atoms with E-state index in [9.17, 15) is 14.7 Å². The highest BCUT2D eigenvalue weighted by atomic mass is 16.5. The maximum absolute atomic E-state index is 11.7. The summed E-state index contributed by atoms with van der Waals surface area (Å²) in [5.41, 5.74) is -1.00. The third-order valence-electron chi connectivity index (χ3n) is 3.39. The van der Waals surface area contributed by atoms with E-state index in [1.54, 1.807) is 14.0 Å². The van der Waals surface area contributed by atoms with Gasteiger partial charge in [-0.1, -0.05) is 13.8 Å². The Labute approximate surface area is 109 Å². The van der Waals surface area contributed by atoms with Crippen molar-refractivity contribution in [3.63, 3.8) is 0 Å². The summed E-state index contributed by atoms with van der Waals surface area (Å²) in [6, 6.07) is 0. The van der Waals surface area contributed by atoms with Crippen molar-refractivity contribution in [3.8, 4) is 0 Å². The molecule has 1 unspecified atom stereocenters. The number of unbranched alkanes of at least 4 members (excludes halogenated alkanes) is 1. The van der Waals surface area contributed by atoms with Crippen LogP contribution in [0.3, 0.4) is 0 Å². The zero-order valence-electron chi connectivity index (χ0n) is 11.8. The molecule has 0 fully saturated rings. The Balaban J connectivity index is 4.09. The van der Waals surface area contributed by atoms with Crippen molar-refractivity contribution in [1.82, 2.24) is 5.32 Å². The van der Waals surface area contributed by atoms with E-state index in [-0.39, 0.29) is 18.2 Å². The lowest BCUT2D eigenvalue weighted by Crippen LogP contribution is -2.39. The second kappa shape index (κ2) is 8.08. The molecule has 106 valence electrons. The minimum Gasteiger partial charge on any atom is -0.481 e. The molecule has 0 rings (SSSR count). The smallest absolute Gasteiger partial charge is 0.310 e. The monoisotopic (exact) mass is 259 g/mol. The summed E-state index contributed by atoms with van der Waals surface area (Å²) in [7, 11) is 1.64. The Bertz CT molecular complexity index is 278. The first kappa shape index (κ1) is 16.9. The molecule has 0 saturated carbocycles. The molecule has 1 amide bonds. The fourth-order valence-corrected chi connectivity index (χ4v) is 1.52. The molecule has 0 aromatic carbocycles. The second-order valence-electron chi connectivity index (χ2n) is 5.10. The number of methoxy groups -OCH3 is 1. The summed E-state index contributed by atoms with van der Waals surface area (Å²) in [5, 5.41) is 11.9. The van der Waals surface area contributed by atoms with E-state index < -0.39 is 11.4 Å². The summed E-state index contributed by atoms with van der Waals surface area (Å²) in [6.45, 7) is 6.50. The molecule has 5 heteroatoms. The molecule has 0 aromatic heterocycles. The summed E-state index contributed by atoms with van der Waals surface area (Å²) in [5.74, 6) is -1.22. The van der Waals surface area contributed by atoms with Gasteiger partial charge in [-0.05, 0) is 25.7 Å². The normalized spacial score (nSPS) is 14.3. The van der Waals surface area contributed by atoms with Gasteiger partial charge in [0.25, 0.3) is 0 Å². The highest BCUT2D eigenvalue weighted by molar-refractivity contribution is 5.84. The van der Waals surface area contributed by atoms with Crippen LogP contribution in [0.5, 0.6) is 0 Å². The Kier molecular flexibility index (Phi) is 7.59. The zero-order valence-corrected chi connectivity index (χ0v) is 11.8. The van der Waals surface area contributed by atoms with Gasteiger partial charge in [-0.25, -0.2) is 0 Å². The van der Waals surface area contributed by atoms with E-state index in [1.165, 1.54) is 0 Å². The molecular formula is C13H25NO4. The van der Waals surface area contributed by atoms with Gasteiger partial charge in [-0.2, -0.15) is 0 Å². The van der Waals surface area contributed by atoms with Crippen LogP contribution in [0.15, 0.2) is 0 Å². The number of carbonyl (C=O) groups is 2. The lowest BCUT2D eigenvalue weighted by molar-refractivity contribution is -0.153. The van der Waals surface area contributed by atoms with Crippen molar-refractivity contribution in [2.75, 3.05) is 20.3 Å². The average Bonchev–Trinajstić information content (AvgIpc) is 2.28. The zero-order chi connectivity index (χ0) is 14.2. The summed E-state index contributed by atoms with van der Waals surface area (Å²) >= 11 is 0. The fraction of sp³-hybridized carbons (Fsp3) is 0.846. The lowest BCUT2D eigenvalue weighted by Gasteiger charge is -2.28. The number of aliphatic carboxylic acids is 1. The standard InChI is InChI=1S/C13H25NO4/c1-10(2)13(3,12(16)17)9-11(15)14-7-5-6-8-18-4/h10H,5-9H2,1-4H3,(H,14,15)(H,16,17). The summed E-state index contributed by atoms with van der Waals surface area (Å²) in [6.07, 6.45) is 1.74. The predicted octanol–water partition coefficient (Wildman–Crippen LogP) is 1.67. The van der Waals surface area contributed by atoms with Gasteiger partial charge < -0.3 is 15.2 Å². The molecule has 0 saturated heterocycles. The Hall–Kier alpha value is -1.10. The number of hydrogen-bond acceptors (Lipinski definition) is 3. The van der Waals surface area contributed by atoms with Crippen LogP contribution in [0.25, 0.3) is 0 Å². The number of rotatable bonds is 9. The lowest BCUT2D eigenvalue weighted by atomic mass is 9.76. The Morgan fingerprint density at radius 2 is 1.94 bits per heavy atom. The quantitative estimate of drug-likeness (QED) is 0.618. The number of amides is 1. The minimum absolute atomic E-state index is 0.0181. The van der Waals surface area contributed by atoms with Gasteiger partial charge in [-0.15, -0.1) is 0 Å². The number of ether oxygens (including phenoxy) is 1. The van der Waals surface area contributed by atoms with E-state index in [0.717, 1.165) is 12.8 Å². The van der Waals surface area contributed by atoms with E-state index in [2.05, 4.69) is 5.32 Å². The van der Waals surface area contributed by atoms with Crippen molar-refractivity contribution in [1.29, 1.82) is 0 Å². The number of hydrogen-bond donors (Lipinski definition) is 2. The summed E-state index contributed by atoms with van der Waals surface area (Å²) < 4.78 is 4.90. The van der Waals surface area contributed by atoms with Crippen molar-refractivity contribution >= 4 is 11.9 Å². The van der Waals surface area contributed by atoms with Crippen LogP contribution in [0, 0.1) is 11.3 Å². The van der Waals surface area contributed by atoms with Crippen LogP contribution in [0.4, 0.5) is 0 Å². The molecule has 5 nitrogen and oxygen atoms in total. The number of carbonyl (C=O) groups excluding carboxylic acids is 1. The highest BCUT2D eigenvalue weighted by Crippen LogP contribution is 2.31. The maximum atomic E-state index is 11.7. The van der Waals surface area contributed by atoms with Crippen LogP contribution >= 0.6 is 0 Å². The molecular weight excluding hydrogens is 234 g/mol. The molecule has 1 atom stereocenters. The van der Waals surface area contributed by atoms with Crippen molar-refractivity contribution in [2.24, 2.45) is 11.3 Å². The van der Waals surface area contributed by atoms with Gasteiger partial charge in [0.1, 0.15) is 0 Å². The summed E-state index contributed by atoms with van der Waals surface area (Å²) in [4.78, 5) is 22.9. The molecule has 0 spiro atoms. The third kappa shape index (κ3) is 5.49. The number of nitrogens with one attached hydrogen (secondary N) is 1. The first-order valence-corrected chi connectivity index (χ1v) is 6.33. The fourth-order valence-electron chi connectivity index (χ4n) is 1.52. The average molecular weight is 259 g/mol. The molecule has 0 aliphatic rings. The molecule has 0 aliphatic heterocycles. The topological polar surface area (TPSA) is 75.6 Å². The van der Waals surface area contributed by atoms with Crippen LogP contribution in [0.2, 0.25) is 0 Å². The molecule has 0 heterocycles. The molecule has 0 radical (unpaired) electrons. The van der Waals surface area contributed by atoms with Gasteiger partial charge in [0.2, 0.25) is 5.91 Å². The van der Waals surface area contributed by atoms with Crippen LogP contribution in [0.1, 0.15) is 40.0 Å². The molecule has 0 bridgehead atoms. The molecule has 2 N–H and O–H groups in total. The maximum Gasteiger partial charge on any atom is 0.310 e. The van der Waals surface area contributed by atoms with E-state index in [4.69, 9.17) is 4.74 Å². The van der Waals surface area contributed by atoms with Gasteiger partial charge in [0.05, 0.1) is 5.41 Å². The van der Waals surface area contributed by atoms with Gasteiger partial charge >= 0.3 is 5.97 Å². The van der Waals surface area contributed by atoms with Crippen molar-refractivity contribution in [2.45, 2.75) is 40.0 Å². The van der Waals surface area contributed by atoms with Crippen LogP contribution in [-0.4, -0.2) is 37.2 Å². The van der Waals surface area contributed by atoms with E-state index in [0.29, 0.717) is 13.2 Å². The highest BCUT2D eigenvalue weighted by Gasteiger charge is 2.38. The van der Waals surface area contributed by atoms with Gasteiger partial charge in [-0.3, -0.25) is 9.59 Å². The molecule has 0 aliphatic carbocycles.